The minimum absolute atomic E-state index is 0.146. The monoisotopic (exact) mass is 277 g/mol. The van der Waals surface area contributed by atoms with Crippen LogP contribution in [0.4, 0.5) is 5.69 Å². The Bertz CT molecular complexity index is 650. The Balaban J connectivity index is 1.84. The zero-order valence-electron chi connectivity index (χ0n) is 10.4. The fraction of sp³-hybridized carbons (Fsp3) is 0.385. The van der Waals surface area contributed by atoms with Gasteiger partial charge in [0.15, 0.2) is 5.16 Å². The number of hydrogen-bond donors (Lipinski definition) is 2. The van der Waals surface area contributed by atoms with Gasteiger partial charge in [0.05, 0.1) is 17.0 Å². The fourth-order valence-corrected chi connectivity index (χ4v) is 3.09. The number of anilines is 1. The number of nitrogens with one attached hydrogen (secondary N) is 1. The molecule has 6 heteroatoms. The number of hydrogen-bond acceptors (Lipinski definition) is 5. The van der Waals surface area contributed by atoms with E-state index < -0.39 is 0 Å². The maximum absolute atomic E-state index is 12.0. The van der Waals surface area contributed by atoms with Crippen molar-refractivity contribution in [3.8, 4) is 0 Å². The third-order valence-corrected chi connectivity index (χ3v) is 4.14. The van der Waals surface area contributed by atoms with Crippen molar-refractivity contribution in [3.05, 3.63) is 28.6 Å². The summed E-state index contributed by atoms with van der Waals surface area (Å²) in [6, 6.07) is 5.18. The normalized spacial score (nSPS) is 19.1. The first-order valence-corrected chi connectivity index (χ1v) is 7.25. The van der Waals surface area contributed by atoms with E-state index in [0.29, 0.717) is 21.7 Å². The molecule has 0 saturated carbocycles. The van der Waals surface area contributed by atoms with E-state index in [4.69, 9.17) is 10.5 Å². The van der Waals surface area contributed by atoms with Gasteiger partial charge in [-0.25, -0.2) is 4.98 Å². The number of nitrogen functional groups attached to an aromatic ring is 1. The highest BCUT2D eigenvalue weighted by Gasteiger charge is 2.16. The van der Waals surface area contributed by atoms with E-state index in [-0.39, 0.29) is 11.7 Å². The lowest BCUT2D eigenvalue weighted by Crippen LogP contribution is -2.12. The van der Waals surface area contributed by atoms with E-state index in [1.165, 1.54) is 11.8 Å². The highest BCUT2D eigenvalue weighted by Crippen LogP contribution is 2.22. The minimum atomic E-state index is -0.146. The Kier molecular flexibility index (Phi) is 3.44. The molecule has 1 saturated heterocycles. The summed E-state index contributed by atoms with van der Waals surface area (Å²) in [5, 5.41) is 1.17. The van der Waals surface area contributed by atoms with Crippen molar-refractivity contribution in [1.29, 1.82) is 0 Å². The summed E-state index contributed by atoms with van der Waals surface area (Å²) in [7, 11) is 0. The van der Waals surface area contributed by atoms with Gasteiger partial charge in [0.25, 0.3) is 5.56 Å². The van der Waals surface area contributed by atoms with Crippen molar-refractivity contribution < 1.29 is 4.74 Å². The summed E-state index contributed by atoms with van der Waals surface area (Å²) in [4.78, 5) is 19.2. The number of benzene rings is 1. The molecule has 2 heterocycles. The number of nitrogens with two attached hydrogens (primary N) is 1. The first-order chi connectivity index (χ1) is 9.22. The van der Waals surface area contributed by atoms with E-state index in [1.54, 1.807) is 18.2 Å². The number of thioether (sulfide) groups is 1. The molecule has 1 unspecified atom stereocenters. The molecule has 19 heavy (non-hydrogen) atoms. The number of aromatic amines is 1. The maximum atomic E-state index is 12.0. The molecule has 1 atom stereocenters. The quantitative estimate of drug-likeness (QED) is 0.508. The van der Waals surface area contributed by atoms with Gasteiger partial charge in [0.1, 0.15) is 0 Å². The molecule has 0 radical (unpaired) electrons. The predicted octanol–water partition coefficient (Wildman–Crippen LogP) is 1.78. The zero-order chi connectivity index (χ0) is 13.2. The van der Waals surface area contributed by atoms with Crippen LogP contribution in [0.15, 0.2) is 28.2 Å². The van der Waals surface area contributed by atoms with Gasteiger partial charge in [-0.1, -0.05) is 11.8 Å². The molecule has 3 rings (SSSR count). The van der Waals surface area contributed by atoms with Crippen molar-refractivity contribution in [2.75, 3.05) is 18.1 Å². The summed E-state index contributed by atoms with van der Waals surface area (Å²) in [6.07, 6.45) is 2.48. The Morgan fingerprint density at radius 2 is 2.42 bits per heavy atom. The van der Waals surface area contributed by atoms with Gasteiger partial charge in [-0.15, -0.1) is 0 Å². The molecule has 0 amide bonds. The van der Waals surface area contributed by atoms with E-state index in [9.17, 15) is 4.79 Å². The number of H-pyrrole nitrogens is 1. The standard InChI is InChI=1S/C13H15N3O2S/c14-8-3-4-11-10(6-8)12(17)16-13(15-11)19-7-9-2-1-5-18-9/h3-4,6,9H,1-2,5,7,14H2,(H,15,16,17). The third kappa shape index (κ3) is 2.74. The smallest absolute Gasteiger partial charge is 0.259 e. The molecule has 1 aliphatic heterocycles. The molecule has 0 aliphatic carbocycles. The molecular formula is C13H15N3O2S. The second kappa shape index (κ2) is 5.22. The van der Waals surface area contributed by atoms with Gasteiger partial charge in [0, 0.05) is 18.0 Å². The predicted molar refractivity (Wildman–Crippen MR) is 76.5 cm³/mol. The lowest BCUT2D eigenvalue weighted by molar-refractivity contribution is 0.129. The number of fused-ring (bicyclic) bond motifs is 1. The van der Waals surface area contributed by atoms with Crippen LogP contribution in [-0.4, -0.2) is 28.4 Å². The lowest BCUT2D eigenvalue weighted by Gasteiger charge is -2.08. The Morgan fingerprint density at radius 3 is 3.21 bits per heavy atom. The summed E-state index contributed by atoms with van der Waals surface area (Å²) >= 11 is 1.53. The molecular weight excluding hydrogens is 262 g/mol. The number of ether oxygens (including phenoxy) is 1. The summed E-state index contributed by atoms with van der Waals surface area (Å²) in [6.45, 7) is 0.839. The topological polar surface area (TPSA) is 81.0 Å². The van der Waals surface area contributed by atoms with Gasteiger partial charge in [-0.2, -0.15) is 0 Å². The van der Waals surface area contributed by atoms with Crippen LogP contribution in [0.5, 0.6) is 0 Å². The lowest BCUT2D eigenvalue weighted by atomic mass is 10.2. The fourth-order valence-electron chi connectivity index (χ4n) is 2.15. The molecule has 5 nitrogen and oxygen atoms in total. The SMILES string of the molecule is Nc1ccc2nc(SCC3CCCO3)[nH]c(=O)c2c1. The van der Waals surface area contributed by atoms with Crippen LogP contribution >= 0.6 is 11.8 Å². The first kappa shape index (κ1) is 12.5. The van der Waals surface area contributed by atoms with Gasteiger partial charge < -0.3 is 15.5 Å². The molecule has 1 aromatic heterocycles. The molecule has 2 aromatic rings. The van der Waals surface area contributed by atoms with E-state index in [0.717, 1.165) is 25.2 Å². The van der Waals surface area contributed by atoms with Crippen LogP contribution in [0.2, 0.25) is 0 Å². The molecule has 100 valence electrons. The van der Waals surface area contributed by atoms with Gasteiger partial charge >= 0.3 is 0 Å². The van der Waals surface area contributed by atoms with Crippen molar-refractivity contribution in [2.24, 2.45) is 0 Å². The van der Waals surface area contributed by atoms with Gasteiger partial charge in [-0.3, -0.25) is 4.79 Å². The Hall–Kier alpha value is -1.53. The molecule has 1 aromatic carbocycles. The molecule has 3 N–H and O–H groups in total. The Morgan fingerprint density at radius 1 is 1.53 bits per heavy atom. The zero-order valence-corrected chi connectivity index (χ0v) is 11.2. The first-order valence-electron chi connectivity index (χ1n) is 6.26. The van der Waals surface area contributed by atoms with Crippen molar-refractivity contribution >= 4 is 28.4 Å². The molecule has 0 bridgehead atoms. The second-order valence-electron chi connectivity index (χ2n) is 4.59. The second-order valence-corrected chi connectivity index (χ2v) is 5.60. The molecule has 1 aliphatic rings. The van der Waals surface area contributed by atoms with Crippen LogP contribution in [0, 0.1) is 0 Å². The average molecular weight is 277 g/mol. The van der Waals surface area contributed by atoms with Gasteiger partial charge in [-0.05, 0) is 31.0 Å². The van der Waals surface area contributed by atoms with Crippen LogP contribution in [-0.2, 0) is 4.74 Å². The highest BCUT2D eigenvalue weighted by atomic mass is 32.2. The van der Waals surface area contributed by atoms with Crippen molar-refractivity contribution in [1.82, 2.24) is 9.97 Å². The van der Waals surface area contributed by atoms with Crippen LogP contribution in [0.25, 0.3) is 10.9 Å². The molecule has 1 fully saturated rings. The van der Waals surface area contributed by atoms with E-state index in [1.807, 2.05) is 0 Å². The highest BCUT2D eigenvalue weighted by molar-refractivity contribution is 7.99. The van der Waals surface area contributed by atoms with Crippen molar-refractivity contribution in [3.63, 3.8) is 0 Å². The largest absolute Gasteiger partial charge is 0.399 e. The van der Waals surface area contributed by atoms with Crippen LogP contribution in [0.3, 0.4) is 0 Å². The Labute approximate surface area is 114 Å². The van der Waals surface area contributed by atoms with E-state index >= 15 is 0 Å². The van der Waals surface area contributed by atoms with E-state index in [2.05, 4.69) is 9.97 Å². The summed E-state index contributed by atoms with van der Waals surface area (Å²) in [5.74, 6) is 0.823. The van der Waals surface area contributed by atoms with Crippen LogP contribution < -0.4 is 11.3 Å². The van der Waals surface area contributed by atoms with Crippen LogP contribution in [0.1, 0.15) is 12.8 Å². The average Bonchev–Trinajstić information content (AvgIpc) is 2.90. The number of nitrogens with zero attached hydrogens (tertiary/aromatic N) is 1. The van der Waals surface area contributed by atoms with Crippen molar-refractivity contribution in [2.45, 2.75) is 24.1 Å². The summed E-state index contributed by atoms with van der Waals surface area (Å²) < 4.78 is 5.55. The number of rotatable bonds is 3. The van der Waals surface area contributed by atoms with Gasteiger partial charge in [0.2, 0.25) is 0 Å². The maximum Gasteiger partial charge on any atom is 0.259 e. The summed E-state index contributed by atoms with van der Waals surface area (Å²) in [5.41, 5.74) is 6.77. The minimum Gasteiger partial charge on any atom is -0.399 e. The third-order valence-electron chi connectivity index (χ3n) is 3.14. The molecule has 0 spiro atoms. The number of aromatic nitrogens is 2.